The summed E-state index contributed by atoms with van der Waals surface area (Å²) in [5, 5.41) is 1.78. The second-order valence-electron chi connectivity index (χ2n) is 9.57. The highest BCUT2D eigenvalue weighted by molar-refractivity contribution is 7.10. The highest BCUT2D eigenvalue weighted by Gasteiger charge is 2.51. The van der Waals surface area contributed by atoms with E-state index in [0.717, 1.165) is 12.1 Å². The smallest absolute Gasteiger partial charge is 0.416 e. The van der Waals surface area contributed by atoms with Crippen LogP contribution in [0, 0.1) is 5.92 Å². The average molecular weight is 583 g/mol. The van der Waals surface area contributed by atoms with Crippen molar-refractivity contribution in [1.29, 1.82) is 0 Å². The maximum Gasteiger partial charge on any atom is 0.416 e. The van der Waals surface area contributed by atoms with E-state index in [2.05, 4.69) is 0 Å². The summed E-state index contributed by atoms with van der Waals surface area (Å²) in [5.74, 6) is -5.03. The Balaban J connectivity index is 1.79. The van der Waals surface area contributed by atoms with Gasteiger partial charge in [0.1, 0.15) is 11.7 Å². The molecule has 0 saturated heterocycles. The van der Waals surface area contributed by atoms with Crippen LogP contribution in [0.15, 0.2) is 94.8 Å². The van der Waals surface area contributed by atoms with E-state index in [4.69, 9.17) is 15.2 Å². The summed E-state index contributed by atoms with van der Waals surface area (Å²) in [7, 11) is 2.37. The van der Waals surface area contributed by atoms with Crippen molar-refractivity contribution < 1.29 is 37.0 Å². The quantitative estimate of drug-likeness (QED) is 0.313. The van der Waals surface area contributed by atoms with Gasteiger partial charge in [-0.05, 0) is 47.7 Å². The molecule has 2 aromatic carbocycles. The molecule has 11 heteroatoms. The number of esters is 2. The molecule has 3 unspecified atom stereocenters. The first kappa shape index (κ1) is 28.2. The van der Waals surface area contributed by atoms with Gasteiger partial charge in [0.25, 0.3) is 0 Å². The van der Waals surface area contributed by atoms with Crippen molar-refractivity contribution in [3.63, 3.8) is 0 Å². The molecule has 212 valence electrons. The summed E-state index contributed by atoms with van der Waals surface area (Å²) in [6, 6.07) is 16.7. The molecule has 0 radical (unpaired) electrons. The Labute approximate surface area is 237 Å². The van der Waals surface area contributed by atoms with Gasteiger partial charge in [-0.2, -0.15) is 13.2 Å². The van der Waals surface area contributed by atoms with E-state index >= 15 is 0 Å². The molecule has 0 fully saturated rings. The van der Waals surface area contributed by atoms with Crippen LogP contribution in [0.5, 0.6) is 0 Å². The minimum atomic E-state index is -4.57. The van der Waals surface area contributed by atoms with Gasteiger partial charge in [-0.3, -0.25) is 14.5 Å². The van der Waals surface area contributed by atoms with Crippen molar-refractivity contribution in [3.05, 3.63) is 111 Å². The van der Waals surface area contributed by atoms with E-state index in [0.29, 0.717) is 16.1 Å². The van der Waals surface area contributed by atoms with E-state index in [-0.39, 0.29) is 29.1 Å². The maximum absolute atomic E-state index is 14.4. The number of rotatable bonds is 5. The Morgan fingerprint density at radius 1 is 0.976 bits per heavy atom. The molecule has 41 heavy (non-hydrogen) atoms. The summed E-state index contributed by atoms with van der Waals surface area (Å²) in [5.41, 5.74) is 7.18. The first-order valence-corrected chi connectivity index (χ1v) is 13.4. The van der Waals surface area contributed by atoms with Crippen LogP contribution in [0.4, 0.5) is 18.9 Å². The van der Waals surface area contributed by atoms with Gasteiger partial charge in [-0.1, -0.05) is 36.4 Å². The fraction of sp³-hybridized carbons (Fsp3) is 0.233. The molecule has 5 rings (SSSR count). The summed E-state index contributed by atoms with van der Waals surface area (Å²) >= 11 is 1.29. The van der Waals surface area contributed by atoms with Gasteiger partial charge in [0.2, 0.25) is 0 Å². The summed E-state index contributed by atoms with van der Waals surface area (Å²) in [4.78, 5) is 42.8. The molecular weight excluding hydrogens is 557 g/mol. The lowest BCUT2D eigenvalue weighted by Gasteiger charge is -2.43. The molecule has 7 nitrogen and oxygen atoms in total. The number of methoxy groups -OCH3 is 2. The van der Waals surface area contributed by atoms with E-state index in [1.54, 1.807) is 47.8 Å². The van der Waals surface area contributed by atoms with Crippen LogP contribution >= 0.6 is 11.3 Å². The molecule has 1 aliphatic carbocycles. The number of nitrogens with zero attached hydrogens (tertiary/aromatic N) is 1. The predicted molar refractivity (Wildman–Crippen MR) is 146 cm³/mol. The highest BCUT2D eigenvalue weighted by Crippen LogP contribution is 2.52. The van der Waals surface area contributed by atoms with Crippen molar-refractivity contribution >= 4 is 34.7 Å². The summed E-state index contributed by atoms with van der Waals surface area (Å²) < 4.78 is 50.2. The molecule has 2 heterocycles. The number of carbonyl (C=O) groups excluding carboxylic acids is 3. The Kier molecular flexibility index (Phi) is 7.48. The van der Waals surface area contributed by atoms with Gasteiger partial charge < -0.3 is 15.2 Å². The number of carbonyl (C=O) groups is 3. The third kappa shape index (κ3) is 4.90. The van der Waals surface area contributed by atoms with E-state index in [1.807, 2.05) is 0 Å². The number of hydrogen-bond acceptors (Lipinski definition) is 8. The van der Waals surface area contributed by atoms with Crippen LogP contribution < -0.4 is 10.6 Å². The zero-order valence-corrected chi connectivity index (χ0v) is 22.8. The number of alkyl halides is 3. The minimum absolute atomic E-state index is 0.0521. The van der Waals surface area contributed by atoms with Gasteiger partial charge in [0, 0.05) is 27.8 Å². The van der Waals surface area contributed by atoms with Crippen molar-refractivity contribution in [2.45, 2.75) is 24.4 Å². The van der Waals surface area contributed by atoms with Gasteiger partial charge in [0.15, 0.2) is 5.78 Å². The lowest BCUT2D eigenvalue weighted by atomic mass is 9.68. The number of halogens is 3. The van der Waals surface area contributed by atoms with E-state index in [1.165, 1.54) is 42.6 Å². The normalized spacial score (nSPS) is 21.0. The molecular formula is C30H25F3N2O5S. The van der Waals surface area contributed by atoms with Crippen molar-refractivity contribution in [3.8, 4) is 0 Å². The zero-order valence-electron chi connectivity index (χ0n) is 22.0. The number of ketones is 1. The Morgan fingerprint density at radius 3 is 2.22 bits per heavy atom. The van der Waals surface area contributed by atoms with Crippen LogP contribution in [0.25, 0.3) is 0 Å². The molecule has 0 spiro atoms. The maximum atomic E-state index is 14.4. The van der Waals surface area contributed by atoms with Gasteiger partial charge >= 0.3 is 18.1 Å². The van der Waals surface area contributed by atoms with Crippen LogP contribution in [0.2, 0.25) is 0 Å². The van der Waals surface area contributed by atoms with E-state index < -0.39 is 47.2 Å². The molecule has 1 aliphatic heterocycles. The topological polar surface area (TPSA) is 98.9 Å². The molecule has 3 aromatic rings. The molecule has 1 aromatic heterocycles. The highest BCUT2D eigenvalue weighted by atomic mass is 32.1. The molecule has 0 bridgehead atoms. The number of anilines is 1. The number of hydrogen-bond donors (Lipinski definition) is 1. The number of Topliss-reactive ketones (excluding diaryl/α,β-unsaturated/α-hetero) is 1. The van der Waals surface area contributed by atoms with Crippen LogP contribution in [-0.4, -0.2) is 31.9 Å². The Bertz CT molecular complexity index is 1550. The lowest BCUT2D eigenvalue weighted by molar-refractivity contribution is -0.150. The van der Waals surface area contributed by atoms with Gasteiger partial charge in [0.05, 0.1) is 31.3 Å². The van der Waals surface area contributed by atoms with E-state index in [9.17, 15) is 27.6 Å². The zero-order chi connectivity index (χ0) is 29.5. The van der Waals surface area contributed by atoms with Crippen molar-refractivity contribution in [1.82, 2.24) is 0 Å². The average Bonchev–Trinajstić information content (AvgIpc) is 3.50. The molecule has 3 atom stereocenters. The molecule has 0 amide bonds. The van der Waals surface area contributed by atoms with Crippen molar-refractivity contribution in [2.24, 2.45) is 11.7 Å². The number of nitrogens with two attached hydrogens (primary N) is 1. The fourth-order valence-corrected chi connectivity index (χ4v) is 6.43. The molecule has 2 aliphatic rings. The number of thiophene rings is 1. The van der Waals surface area contributed by atoms with Crippen molar-refractivity contribution in [2.75, 3.05) is 19.1 Å². The second kappa shape index (κ2) is 10.9. The first-order chi connectivity index (χ1) is 19.6. The fourth-order valence-electron chi connectivity index (χ4n) is 5.58. The largest absolute Gasteiger partial charge is 0.468 e. The van der Waals surface area contributed by atoms with Gasteiger partial charge in [-0.25, -0.2) is 4.79 Å². The second-order valence-corrected chi connectivity index (χ2v) is 10.5. The molecule has 2 N–H and O–H groups in total. The van der Waals surface area contributed by atoms with Crippen LogP contribution in [0.1, 0.15) is 34.3 Å². The number of allylic oxidation sites excluding steroid dienone is 2. The first-order valence-electron chi connectivity index (χ1n) is 12.6. The third-order valence-corrected chi connectivity index (χ3v) is 8.34. The SMILES string of the molecule is COC(=O)C1=C(N)N(c2ccc(C(F)(F)F)cc2)C2=C(C(=O)C(C(=O)OC)C(c3ccccc3)C2)C1c1cccs1. The number of benzene rings is 2. The Hall–Kier alpha value is -4.38. The third-order valence-electron chi connectivity index (χ3n) is 7.41. The predicted octanol–water partition coefficient (Wildman–Crippen LogP) is 5.51. The van der Waals surface area contributed by atoms with Gasteiger partial charge in [-0.15, -0.1) is 11.3 Å². The summed E-state index contributed by atoms with van der Waals surface area (Å²) in [6.07, 6.45) is -4.45. The summed E-state index contributed by atoms with van der Waals surface area (Å²) in [6.45, 7) is 0. The standard InChI is InChI=1S/C30H25F3N2O5S/c1-39-28(37)22-19(16-7-4-3-5-8-16)15-20-23(26(22)36)24(21-9-6-14-41-21)25(29(38)40-2)27(34)35(20)18-12-10-17(11-13-18)30(31,32)33/h3-14,19,22,24H,15,34H2,1-2H3. The lowest BCUT2D eigenvalue weighted by Crippen LogP contribution is -2.46. The monoisotopic (exact) mass is 582 g/mol. The van der Waals surface area contributed by atoms with Crippen LogP contribution in [-0.2, 0) is 30.0 Å². The van der Waals surface area contributed by atoms with Crippen LogP contribution in [0.3, 0.4) is 0 Å². The molecule has 0 saturated carbocycles. The number of ether oxygens (including phenoxy) is 2. The Morgan fingerprint density at radius 2 is 1.66 bits per heavy atom. The minimum Gasteiger partial charge on any atom is -0.468 e.